The minimum Gasteiger partial charge on any atom is -0.383 e. The molecule has 0 unspecified atom stereocenters. The van der Waals surface area contributed by atoms with Crippen LogP contribution in [0.3, 0.4) is 0 Å². The molecular formula is C16H19N7O. The van der Waals surface area contributed by atoms with Crippen LogP contribution >= 0.6 is 0 Å². The van der Waals surface area contributed by atoms with Gasteiger partial charge >= 0.3 is 0 Å². The monoisotopic (exact) mass is 325 g/mol. The molecule has 2 N–H and O–H groups in total. The zero-order chi connectivity index (χ0) is 16.4. The first-order valence-corrected chi connectivity index (χ1v) is 7.95. The van der Waals surface area contributed by atoms with Crippen molar-refractivity contribution in [2.24, 2.45) is 0 Å². The highest BCUT2D eigenvalue weighted by molar-refractivity contribution is 5.87. The van der Waals surface area contributed by atoms with Crippen LogP contribution in [0.1, 0.15) is 5.82 Å². The third-order valence-corrected chi connectivity index (χ3v) is 4.12. The van der Waals surface area contributed by atoms with E-state index in [9.17, 15) is 0 Å². The topological polar surface area (TPSA) is 95.0 Å². The van der Waals surface area contributed by atoms with Crippen molar-refractivity contribution in [2.45, 2.75) is 19.2 Å². The largest absolute Gasteiger partial charge is 0.383 e. The molecule has 0 saturated carbocycles. The van der Waals surface area contributed by atoms with Gasteiger partial charge in [-0.05, 0) is 12.1 Å². The Balaban J connectivity index is 1.46. The van der Waals surface area contributed by atoms with Crippen LogP contribution in [0.4, 0.5) is 5.82 Å². The number of nitrogen functional groups attached to an aromatic ring is 1. The number of benzene rings is 1. The fourth-order valence-electron chi connectivity index (χ4n) is 2.99. The minimum absolute atomic E-state index is 0.0817. The zero-order valence-corrected chi connectivity index (χ0v) is 13.2. The van der Waals surface area contributed by atoms with Gasteiger partial charge in [0.25, 0.3) is 0 Å². The molecule has 0 aliphatic carbocycles. The second-order valence-corrected chi connectivity index (χ2v) is 5.89. The average Bonchev–Trinajstić information content (AvgIpc) is 3.08. The molecule has 4 rings (SSSR count). The van der Waals surface area contributed by atoms with Gasteiger partial charge in [-0.3, -0.25) is 9.58 Å². The Morgan fingerprint density at radius 3 is 3.04 bits per heavy atom. The standard InChI is InChI=1S/C16H19N7O/c17-16-13-3-1-2-4-14(13)20-15(21-16)9-22-5-6-24-12(7-22)8-23-11-18-10-19-23/h1-4,10-12H,5-9H2,(H2,17,20,21)/t12-/m1/s1. The number of ether oxygens (including phenoxy) is 1. The number of hydrogen-bond acceptors (Lipinski definition) is 7. The number of para-hydroxylation sites is 1. The van der Waals surface area contributed by atoms with Crippen LogP contribution in [0.15, 0.2) is 36.9 Å². The highest BCUT2D eigenvalue weighted by atomic mass is 16.5. The highest BCUT2D eigenvalue weighted by Gasteiger charge is 2.22. The van der Waals surface area contributed by atoms with E-state index in [1.807, 2.05) is 24.3 Å². The van der Waals surface area contributed by atoms with E-state index in [1.165, 1.54) is 6.33 Å². The first-order chi connectivity index (χ1) is 11.8. The van der Waals surface area contributed by atoms with Crippen LogP contribution in [0, 0.1) is 0 Å². The molecule has 3 heterocycles. The van der Waals surface area contributed by atoms with Crippen LogP contribution in [0.5, 0.6) is 0 Å². The molecule has 124 valence electrons. The molecule has 2 aromatic heterocycles. The lowest BCUT2D eigenvalue weighted by Crippen LogP contribution is -2.44. The van der Waals surface area contributed by atoms with Gasteiger partial charge in [0.1, 0.15) is 24.3 Å². The molecule has 1 fully saturated rings. The smallest absolute Gasteiger partial charge is 0.145 e. The van der Waals surface area contributed by atoms with E-state index in [1.54, 1.807) is 11.0 Å². The molecule has 0 radical (unpaired) electrons. The maximum absolute atomic E-state index is 6.07. The predicted molar refractivity (Wildman–Crippen MR) is 89.0 cm³/mol. The second-order valence-electron chi connectivity index (χ2n) is 5.89. The lowest BCUT2D eigenvalue weighted by molar-refractivity contribution is -0.0409. The Kier molecular flexibility index (Phi) is 4.06. The normalized spacial score (nSPS) is 18.9. The molecule has 24 heavy (non-hydrogen) atoms. The second kappa shape index (κ2) is 6.50. The van der Waals surface area contributed by atoms with Gasteiger partial charge in [0, 0.05) is 18.5 Å². The third-order valence-electron chi connectivity index (χ3n) is 4.12. The van der Waals surface area contributed by atoms with Crippen molar-refractivity contribution in [1.82, 2.24) is 29.6 Å². The minimum atomic E-state index is 0.0817. The van der Waals surface area contributed by atoms with Gasteiger partial charge in [-0.25, -0.2) is 15.0 Å². The van der Waals surface area contributed by atoms with E-state index in [2.05, 4.69) is 25.0 Å². The number of hydrogen-bond donors (Lipinski definition) is 1. The molecule has 1 aromatic carbocycles. The number of nitrogens with zero attached hydrogens (tertiary/aromatic N) is 6. The number of rotatable bonds is 4. The summed E-state index contributed by atoms with van der Waals surface area (Å²) in [6.07, 6.45) is 3.32. The van der Waals surface area contributed by atoms with Gasteiger partial charge in [0.05, 0.1) is 31.3 Å². The fraction of sp³-hybridized carbons (Fsp3) is 0.375. The molecule has 1 atom stereocenters. The molecule has 8 nitrogen and oxygen atoms in total. The molecular weight excluding hydrogens is 306 g/mol. The van der Waals surface area contributed by atoms with Gasteiger partial charge in [-0.2, -0.15) is 5.10 Å². The van der Waals surface area contributed by atoms with Crippen molar-refractivity contribution in [3.05, 3.63) is 42.7 Å². The Morgan fingerprint density at radius 2 is 2.17 bits per heavy atom. The van der Waals surface area contributed by atoms with E-state index in [0.29, 0.717) is 25.5 Å². The van der Waals surface area contributed by atoms with Crippen LogP contribution in [-0.4, -0.2) is 55.4 Å². The maximum atomic E-state index is 6.07. The molecule has 0 bridgehead atoms. The summed E-state index contributed by atoms with van der Waals surface area (Å²) in [4.78, 5) is 15.3. The van der Waals surface area contributed by atoms with Gasteiger partial charge < -0.3 is 10.5 Å². The van der Waals surface area contributed by atoms with Crippen LogP contribution < -0.4 is 5.73 Å². The highest BCUT2D eigenvalue weighted by Crippen LogP contribution is 2.18. The van der Waals surface area contributed by atoms with Crippen molar-refractivity contribution >= 4 is 16.7 Å². The zero-order valence-electron chi connectivity index (χ0n) is 13.2. The summed E-state index contributed by atoms with van der Waals surface area (Å²) in [5, 5.41) is 5.03. The molecule has 1 saturated heterocycles. The summed E-state index contributed by atoms with van der Waals surface area (Å²) < 4.78 is 7.61. The third kappa shape index (κ3) is 3.19. The number of nitrogens with two attached hydrogens (primary N) is 1. The summed E-state index contributed by atoms with van der Waals surface area (Å²) in [6.45, 7) is 3.69. The summed E-state index contributed by atoms with van der Waals surface area (Å²) in [7, 11) is 0. The first kappa shape index (κ1) is 15.0. The van der Waals surface area contributed by atoms with E-state index in [0.717, 1.165) is 29.8 Å². The van der Waals surface area contributed by atoms with Gasteiger partial charge in [0.15, 0.2) is 0 Å². The van der Waals surface area contributed by atoms with Gasteiger partial charge in [-0.15, -0.1) is 0 Å². The Hall–Kier alpha value is -2.58. The average molecular weight is 325 g/mol. The van der Waals surface area contributed by atoms with Crippen LogP contribution in [-0.2, 0) is 17.8 Å². The van der Waals surface area contributed by atoms with E-state index >= 15 is 0 Å². The van der Waals surface area contributed by atoms with E-state index in [4.69, 9.17) is 10.5 Å². The summed E-state index contributed by atoms with van der Waals surface area (Å²) >= 11 is 0. The maximum Gasteiger partial charge on any atom is 0.145 e. The number of morpholine rings is 1. The summed E-state index contributed by atoms with van der Waals surface area (Å²) in [5.74, 6) is 1.27. The number of fused-ring (bicyclic) bond motifs is 1. The Bertz CT molecular complexity index is 820. The van der Waals surface area contributed by atoms with E-state index in [-0.39, 0.29) is 6.10 Å². The predicted octanol–water partition coefficient (Wildman–Crippen LogP) is 0.705. The lowest BCUT2D eigenvalue weighted by atomic mass is 10.2. The molecule has 1 aliphatic rings. The van der Waals surface area contributed by atoms with Crippen molar-refractivity contribution in [3.63, 3.8) is 0 Å². The molecule has 1 aliphatic heterocycles. The van der Waals surface area contributed by atoms with Crippen LogP contribution in [0.2, 0.25) is 0 Å². The lowest BCUT2D eigenvalue weighted by Gasteiger charge is -2.32. The fourth-order valence-corrected chi connectivity index (χ4v) is 2.99. The van der Waals surface area contributed by atoms with E-state index < -0.39 is 0 Å². The number of aromatic nitrogens is 5. The molecule has 8 heteroatoms. The van der Waals surface area contributed by atoms with Gasteiger partial charge in [-0.1, -0.05) is 12.1 Å². The van der Waals surface area contributed by atoms with Crippen molar-refractivity contribution < 1.29 is 4.74 Å². The van der Waals surface area contributed by atoms with Gasteiger partial charge in [0.2, 0.25) is 0 Å². The van der Waals surface area contributed by atoms with Crippen LogP contribution in [0.25, 0.3) is 10.9 Å². The Morgan fingerprint density at radius 1 is 1.25 bits per heavy atom. The Labute approximate surface area is 139 Å². The van der Waals surface area contributed by atoms with Crippen molar-refractivity contribution in [3.8, 4) is 0 Å². The molecule has 0 spiro atoms. The summed E-state index contributed by atoms with van der Waals surface area (Å²) in [5.41, 5.74) is 6.95. The summed E-state index contributed by atoms with van der Waals surface area (Å²) in [6, 6.07) is 7.81. The molecule has 3 aromatic rings. The quantitative estimate of drug-likeness (QED) is 0.754. The SMILES string of the molecule is Nc1nc(CN2CCO[C@@H](Cn3cncn3)C2)nc2ccccc12. The first-order valence-electron chi connectivity index (χ1n) is 7.95. The van der Waals surface area contributed by atoms with Crippen molar-refractivity contribution in [1.29, 1.82) is 0 Å². The van der Waals surface area contributed by atoms with Crippen molar-refractivity contribution in [2.75, 3.05) is 25.4 Å². The number of anilines is 1. The molecule has 0 amide bonds.